The van der Waals surface area contributed by atoms with Crippen LogP contribution < -0.4 is 0 Å². The van der Waals surface area contributed by atoms with Crippen molar-refractivity contribution in [2.45, 2.75) is 19.6 Å². The summed E-state index contributed by atoms with van der Waals surface area (Å²) in [5.41, 5.74) is 1.76. The Kier molecular flexibility index (Phi) is 4.12. The molecular formula is C17H24N6O. The van der Waals surface area contributed by atoms with Crippen molar-refractivity contribution in [1.82, 2.24) is 29.2 Å². The van der Waals surface area contributed by atoms with Gasteiger partial charge in [0, 0.05) is 58.2 Å². The first-order chi connectivity index (χ1) is 11.7. The lowest BCUT2D eigenvalue weighted by molar-refractivity contribution is 0.0702. The Morgan fingerprint density at radius 1 is 1.21 bits per heavy atom. The van der Waals surface area contributed by atoms with E-state index in [-0.39, 0.29) is 5.91 Å². The molecule has 2 aromatic heterocycles. The average Bonchev–Trinajstić information content (AvgIpc) is 3.24. The highest BCUT2D eigenvalue weighted by atomic mass is 16.2. The van der Waals surface area contributed by atoms with Gasteiger partial charge in [0.05, 0.1) is 12.2 Å². The van der Waals surface area contributed by atoms with Gasteiger partial charge in [-0.05, 0) is 19.2 Å². The monoisotopic (exact) mass is 328 g/mol. The molecule has 0 aromatic carbocycles. The molecular weight excluding hydrogens is 304 g/mol. The number of carbonyl (C=O) groups is 1. The third kappa shape index (κ3) is 3.09. The number of amides is 1. The number of likely N-dealkylation sites (N-methyl/N-ethyl adjacent to an activating group) is 1. The molecule has 1 fully saturated rings. The number of nitrogens with one attached hydrogen (secondary N) is 1. The van der Waals surface area contributed by atoms with Crippen LogP contribution in [-0.4, -0.2) is 74.9 Å². The van der Waals surface area contributed by atoms with E-state index in [1.165, 1.54) is 0 Å². The van der Waals surface area contributed by atoms with Crippen molar-refractivity contribution in [3.8, 4) is 0 Å². The van der Waals surface area contributed by atoms with Crippen molar-refractivity contribution in [3.05, 3.63) is 41.7 Å². The highest BCUT2D eigenvalue weighted by molar-refractivity contribution is 5.92. The molecule has 4 heterocycles. The molecule has 1 amide bonds. The lowest BCUT2D eigenvalue weighted by Crippen LogP contribution is -2.43. The quantitative estimate of drug-likeness (QED) is 0.897. The number of aromatic nitrogens is 3. The van der Waals surface area contributed by atoms with Crippen LogP contribution in [0.5, 0.6) is 0 Å². The lowest BCUT2D eigenvalue weighted by atomic mass is 10.3. The Bertz CT molecular complexity index is 699. The van der Waals surface area contributed by atoms with E-state index in [0.717, 1.165) is 57.3 Å². The predicted octanol–water partition coefficient (Wildman–Crippen LogP) is 0.615. The van der Waals surface area contributed by atoms with E-state index in [4.69, 9.17) is 4.98 Å². The molecule has 4 rings (SSSR count). The van der Waals surface area contributed by atoms with Gasteiger partial charge in [-0.2, -0.15) is 0 Å². The third-order valence-corrected chi connectivity index (χ3v) is 4.95. The van der Waals surface area contributed by atoms with Crippen molar-refractivity contribution >= 4 is 5.91 Å². The summed E-state index contributed by atoms with van der Waals surface area (Å²) in [7, 11) is 2.17. The molecule has 0 unspecified atom stereocenters. The minimum absolute atomic E-state index is 0.0508. The number of nitrogens with zero attached hydrogens (tertiary/aromatic N) is 5. The maximum Gasteiger partial charge on any atom is 0.270 e. The van der Waals surface area contributed by atoms with E-state index < -0.39 is 0 Å². The normalized spacial score (nSPS) is 19.5. The second-order valence-electron chi connectivity index (χ2n) is 6.73. The van der Waals surface area contributed by atoms with Gasteiger partial charge in [-0.1, -0.05) is 0 Å². The fraction of sp³-hybridized carbons (Fsp3) is 0.529. The number of carbonyl (C=O) groups excluding carboxylic acids is 1. The van der Waals surface area contributed by atoms with Crippen LogP contribution in [0.15, 0.2) is 24.5 Å². The standard InChI is InChI=1S/C17H24N6O/c1-20-5-7-21(8-6-20)11-14-12-22-9-10-23(13-16(22)19-14)17(24)15-3-2-4-18-15/h2-4,12,18H,5-11,13H2,1H3. The Labute approximate surface area is 141 Å². The summed E-state index contributed by atoms with van der Waals surface area (Å²) in [4.78, 5) is 26.9. The predicted molar refractivity (Wildman–Crippen MR) is 90.5 cm³/mol. The molecule has 1 N–H and O–H groups in total. The topological polar surface area (TPSA) is 60.4 Å². The van der Waals surface area contributed by atoms with Crippen LogP contribution >= 0.6 is 0 Å². The Hall–Kier alpha value is -2.12. The van der Waals surface area contributed by atoms with Crippen LogP contribution in [0.4, 0.5) is 0 Å². The molecule has 2 aliphatic rings. The van der Waals surface area contributed by atoms with Gasteiger partial charge in [0.1, 0.15) is 11.5 Å². The number of aromatic amines is 1. The number of H-pyrrole nitrogens is 1. The first-order valence-electron chi connectivity index (χ1n) is 8.57. The molecule has 7 heteroatoms. The van der Waals surface area contributed by atoms with E-state index in [9.17, 15) is 4.79 Å². The highest BCUT2D eigenvalue weighted by Crippen LogP contribution is 2.16. The van der Waals surface area contributed by atoms with Gasteiger partial charge in [0.2, 0.25) is 0 Å². The number of imidazole rings is 1. The summed E-state index contributed by atoms with van der Waals surface area (Å²) >= 11 is 0. The van der Waals surface area contributed by atoms with E-state index in [1.54, 1.807) is 6.20 Å². The highest BCUT2D eigenvalue weighted by Gasteiger charge is 2.24. The summed E-state index contributed by atoms with van der Waals surface area (Å²) in [6, 6.07) is 3.68. The van der Waals surface area contributed by atoms with Crippen molar-refractivity contribution in [2.75, 3.05) is 39.8 Å². The van der Waals surface area contributed by atoms with Crippen LogP contribution in [0.3, 0.4) is 0 Å². The summed E-state index contributed by atoms with van der Waals surface area (Å²) in [5.74, 6) is 1.04. The second kappa shape index (κ2) is 6.41. The van der Waals surface area contributed by atoms with Crippen LogP contribution in [0.25, 0.3) is 0 Å². The summed E-state index contributed by atoms with van der Waals surface area (Å²) < 4.78 is 2.20. The molecule has 0 saturated carbocycles. The number of hydrogen-bond acceptors (Lipinski definition) is 4. The minimum Gasteiger partial charge on any atom is -0.357 e. The summed E-state index contributed by atoms with van der Waals surface area (Å²) in [6.45, 7) is 7.45. The maximum absolute atomic E-state index is 12.5. The van der Waals surface area contributed by atoms with Crippen LogP contribution in [-0.2, 0) is 19.6 Å². The number of fused-ring (bicyclic) bond motifs is 1. The molecule has 2 aliphatic heterocycles. The number of piperazine rings is 1. The Balaban J connectivity index is 1.41. The van der Waals surface area contributed by atoms with E-state index >= 15 is 0 Å². The van der Waals surface area contributed by atoms with E-state index in [0.29, 0.717) is 12.2 Å². The largest absolute Gasteiger partial charge is 0.357 e. The smallest absolute Gasteiger partial charge is 0.270 e. The van der Waals surface area contributed by atoms with Gasteiger partial charge in [-0.15, -0.1) is 0 Å². The van der Waals surface area contributed by atoms with E-state index in [2.05, 4.69) is 32.6 Å². The summed E-state index contributed by atoms with van der Waals surface area (Å²) in [5, 5.41) is 0. The van der Waals surface area contributed by atoms with Crippen molar-refractivity contribution < 1.29 is 4.79 Å². The SMILES string of the molecule is CN1CCN(Cc2cn3c(n2)CN(C(=O)c2ccc[nH]2)CC3)CC1. The molecule has 128 valence electrons. The fourth-order valence-corrected chi connectivity index (χ4v) is 3.43. The Morgan fingerprint density at radius 2 is 2.04 bits per heavy atom. The van der Waals surface area contributed by atoms with Crippen LogP contribution in [0.2, 0.25) is 0 Å². The number of hydrogen-bond donors (Lipinski definition) is 1. The first kappa shape index (κ1) is 15.4. The summed E-state index contributed by atoms with van der Waals surface area (Å²) in [6.07, 6.45) is 3.94. The minimum atomic E-state index is 0.0508. The van der Waals surface area contributed by atoms with E-state index in [1.807, 2.05) is 17.0 Å². The molecule has 2 aromatic rings. The second-order valence-corrected chi connectivity index (χ2v) is 6.73. The molecule has 0 atom stereocenters. The molecule has 0 bridgehead atoms. The molecule has 7 nitrogen and oxygen atoms in total. The fourth-order valence-electron chi connectivity index (χ4n) is 3.43. The van der Waals surface area contributed by atoms with Crippen LogP contribution in [0.1, 0.15) is 22.0 Å². The van der Waals surface area contributed by atoms with Gasteiger partial charge in [-0.3, -0.25) is 9.69 Å². The van der Waals surface area contributed by atoms with Crippen molar-refractivity contribution in [1.29, 1.82) is 0 Å². The van der Waals surface area contributed by atoms with Gasteiger partial charge >= 0.3 is 0 Å². The maximum atomic E-state index is 12.5. The van der Waals surface area contributed by atoms with Gasteiger partial charge in [0.15, 0.2) is 0 Å². The molecule has 24 heavy (non-hydrogen) atoms. The molecule has 0 aliphatic carbocycles. The zero-order chi connectivity index (χ0) is 16.5. The molecule has 0 radical (unpaired) electrons. The molecule has 1 saturated heterocycles. The number of rotatable bonds is 3. The average molecular weight is 328 g/mol. The molecule has 0 spiro atoms. The first-order valence-corrected chi connectivity index (χ1v) is 8.57. The third-order valence-electron chi connectivity index (χ3n) is 4.95. The lowest BCUT2D eigenvalue weighted by Gasteiger charge is -2.31. The van der Waals surface area contributed by atoms with Gasteiger partial charge < -0.3 is 19.4 Å². The van der Waals surface area contributed by atoms with Crippen molar-refractivity contribution in [3.63, 3.8) is 0 Å². The van der Waals surface area contributed by atoms with Gasteiger partial charge in [-0.25, -0.2) is 4.98 Å². The van der Waals surface area contributed by atoms with Gasteiger partial charge in [0.25, 0.3) is 5.91 Å². The van der Waals surface area contributed by atoms with Crippen LogP contribution in [0, 0.1) is 0 Å². The zero-order valence-corrected chi connectivity index (χ0v) is 14.1. The Morgan fingerprint density at radius 3 is 2.79 bits per heavy atom. The zero-order valence-electron chi connectivity index (χ0n) is 14.1. The van der Waals surface area contributed by atoms with Crippen molar-refractivity contribution in [2.24, 2.45) is 0 Å².